The Balaban J connectivity index is 1.72. The standard InChI is InChI=1S/C19H22O3/c1-2-21-19(20)10-6-7-15-22-18-13-11-17(12-14-18)16-8-4-3-5-9-16/h3-5,8-9,11-14H,2,6-7,10,15H2,1H3. The van der Waals surface area contributed by atoms with Gasteiger partial charge in [0.25, 0.3) is 0 Å². The molecule has 0 radical (unpaired) electrons. The molecule has 0 aliphatic rings. The molecule has 0 aliphatic carbocycles. The van der Waals surface area contributed by atoms with Gasteiger partial charge in [0.15, 0.2) is 0 Å². The fraction of sp³-hybridized carbons (Fsp3) is 0.316. The van der Waals surface area contributed by atoms with Crippen molar-refractivity contribution in [3.05, 3.63) is 54.6 Å². The van der Waals surface area contributed by atoms with Gasteiger partial charge < -0.3 is 9.47 Å². The number of rotatable bonds is 8. The van der Waals surface area contributed by atoms with Gasteiger partial charge in [-0.05, 0) is 43.0 Å². The average molecular weight is 298 g/mol. The summed E-state index contributed by atoms with van der Waals surface area (Å²) in [5.41, 5.74) is 2.37. The van der Waals surface area contributed by atoms with Crippen molar-refractivity contribution in [2.45, 2.75) is 26.2 Å². The summed E-state index contributed by atoms with van der Waals surface area (Å²) in [4.78, 5) is 11.2. The zero-order valence-electron chi connectivity index (χ0n) is 13.0. The van der Waals surface area contributed by atoms with Gasteiger partial charge in [-0.15, -0.1) is 0 Å². The zero-order valence-corrected chi connectivity index (χ0v) is 13.0. The van der Waals surface area contributed by atoms with E-state index in [1.165, 1.54) is 11.1 Å². The van der Waals surface area contributed by atoms with E-state index in [1.807, 2.05) is 37.3 Å². The van der Waals surface area contributed by atoms with Gasteiger partial charge in [-0.3, -0.25) is 4.79 Å². The van der Waals surface area contributed by atoms with Crippen LogP contribution >= 0.6 is 0 Å². The summed E-state index contributed by atoms with van der Waals surface area (Å²) in [7, 11) is 0. The van der Waals surface area contributed by atoms with Crippen molar-refractivity contribution in [2.75, 3.05) is 13.2 Å². The molecule has 0 unspecified atom stereocenters. The number of carbonyl (C=O) groups excluding carboxylic acids is 1. The second-order valence-corrected chi connectivity index (χ2v) is 5.00. The number of benzene rings is 2. The van der Waals surface area contributed by atoms with Crippen molar-refractivity contribution in [1.29, 1.82) is 0 Å². The Morgan fingerprint density at radius 1 is 0.909 bits per heavy atom. The van der Waals surface area contributed by atoms with E-state index in [0.29, 0.717) is 19.6 Å². The number of carbonyl (C=O) groups is 1. The van der Waals surface area contributed by atoms with Crippen LogP contribution in [0.25, 0.3) is 11.1 Å². The lowest BCUT2D eigenvalue weighted by Gasteiger charge is -2.07. The van der Waals surface area contributed by atoms with Crippen LogP contribution in [0.4, 0.5) is 0 Å². The molecule has 0 atom stereocenters. The molecule has 22 heavy (non-hydrogen) atoms. The molecular formula is C19H22O3. The largest absolute Gasteiger partial charge is 0.494 e. The number of hydrogen-bond acceptors (Lipinski definition) is 3. The molecule has 0 bridgehead atoms. The lowest BCUT2D eigenvalue weighted by Crippen LogP contribution is -2.05. The lowest BCUT2D eigenvalue weighted by molar-refractivity contribution is -0.143. The van der Waals surface area contributed by atoms with Crippen LogP contribution < -0.4 is 4.74 Å². The van der Waals surface area contributed by atoms with Crippen LogP contribution in [0.5, 0.6) is 5.75 Å². The Hall–Kier alpha value is -2.29. The van der Waals surface area contributed by atoms with Gasteiger partial charge in [0.2, 0.25) is 0 Å². The van der Waals surface area contributed by atoms with Crippen molar-refractivity contribution >= 4 is 5.97 Å². The van der Waals surface area contributed by atoms with Crippen molar-refractivity contribution in [3.63, 3.8) is 0 Å². The molecule has 3 heteroatoms. The maximum absolute atomic E-state index is 11.2. The first-order chi connectivity index (χ1) is 10.8. The highest BCUT2D eigenvalue weighted by Crippen LogP contribution is 2.22. The smallest absolute Gasteiger partial charge is 0.305 e. The molecule has 0 spiro atoms. The van der Waals surface area contributed by atoms with Crippen LogP contribution in [0, 0.1) is 0 Å². The van der Waals surface area contributed by atoms with Crippen molar-refractivity contribution in [3.8, 4) is 16.9 Å². The third kappa shape index (κ3) is 5.24. The van der Waals surface area contributed by atoms with E-state index in [1.54, 1.807) is 0 Å². The van der Waals surface area contributed by atoms with Crippen molar-refractivity contribution in [1.82, 2.24) is 0 Å². The van der Waals surface area contributed by atoms with Gasteiger partial charge in [-0.2, -0.15) is 0 Å². The minimum absolute atomic E-state index is 0.130. The van der Waals surface area contributed by atoms with Crippen LogP contribution in [0.1, 0.15) is 26.2 Å². The summed E-state index contributed by atoms with van der Waals surface area (Å²) in [6.45, 7) is 2.88. The van der Waals surface area contributed by atoms with E-state index in [4.69, 9.17) is 9.47 Å². The highest BCUT2D eigenvalue weighted by atomic mass is 16.5. The Kier molecular flexibility index (Phi) is 6.49. The van der Waals surface area contributed by atoms with E-state index in [-0.39, 0.29) is 5.97 Å². The van der Waals surface area contributed by atoms with Crippen molar-refractivity contribution in [2.24, 2.45) is 0 Å². The van der Waals surface area contributed by atoms with Gasteiger partial charge >= 0.3 is 5.97 Å². The lowest BCUT2D eigenvalue weighted by atomic mass is 10.1. The third-order valence-corrected chi connectivity index (χ3v) is 3.31. The van der Waals surface area contributed by atoms with Crippen LogP contribution in [-0.4, -0.2) is 19.2 Å². The second kappa shape index (κ2) is 8.88. The molecule has 2 aromatic rings. The number of esters is 1. The number of hydrogen-bond donors (Lipinski definition) is 0. The fourth-order valence-electron chi connectivity index (χ4n) is 2.17. The molecule has 0 N–H and O–H groups in total. The molecule has 0 saturated carbocycles. The monoisotopic (exact) mass is 298 g/mol. The van der Waals surface area contributed by atoms with Crippen LogP contribution in [0.3, 0.4) is 0 Å². The SMILES string of the molecule is CCOC(=O)CCCCOc1ccc(-c2ccccc2)cc1. The molecule has 2 aromatic carbocycles. The Labute approximate surface area is 131 Å². The number of unbranched alkanes of at least 4 members (excludes halogenated alkanes) is 1. The normalized spacial score (nSPS) is 10.2. The van der Waals surface area contributed by atoms with Crippen LogP contribution in [0.2, 0.25) is 0 Å². The first-order valence-corrected chi connectivity index (χ1v) is 7.73. The van der Waals surface area contributed by atoms with E-state index >= 15 is 0 Å². The topological polar surface area (TPSA) is 35.5 Å². The fourth-order valence-corrected chi connectivity index (χ4v) is 2.17. The first kappa shape index (κ1) is 16.1. The molecule has 0 heterocycles. The van der Waals surface area contributed by atoms with Gasteiger partial charge in [0.05, 0.1) is 13.2 Å². The maximum Gasteiger partial charge on any atom is 0.305 e. The highest BCUT2D eigenvalue weighted by Gasteiger charge is 2.01. The molecule has 0 aromatic heterocycles. The van der Waals surface area contributed by atoms with Gasteiger partial charge in [-0.1, -0.05) is 42.5 Å². The molecule has 116 valence electrons. The second-order valence-electron chi connectivity index (χ2n) is 5.00. The molecule has 0 amide bonds. The Morgan fingerprint density at radius 3 is 2.27 bits per heavy atom. The van der Waals surface area contributed by atoms with Gasteiger partial charge in [0.1, 0.15) is 5.75 Å². The third-order valence-electron chi connectivity index (χ3n) is 3.31. The quantitative estimate of drug-likeness (QED) is 0.533. The minimum Gasteiger partial charge on any atom is -0.494 e. The molecule has 0 aliphatic heterocycles. The summed E-state index contributed by atoms with van der Waals surface area (Å²) >= 11 is 0. The summed E-state index contributed by atoms with van der Waals surface area (Å²) in [5.74, 6) is 0.727. The predicted octanol–water partition coefficient (Wildman–Crippen LogP) is 4.47. The Bertz CT molecular complexity index is 561. The van der Waals surface area contributed by atoms with E-state index in [2.05, 4.69) is 24.3 Å². The molecule has 3 nitrogen and oxygen atoms in total. The minimum atomic E-state index is -0.130. The maximum atomic E-state index is 11.2. The van der Waals surface area contributed by atoms with Gasteiger partial charge in [0, 0.05) is 6.42 Å². The van der Waals surface area contributed by atoms with E-state index < -0.39 is 0 Å². The highest BCUT2D eigenvalue weighted by molar-refractivity contribution is 5.69. The predicted molar refractivity (Wildman–Crippen MR) is 87.9 cm³/mol. The van der Waals surface area contributed by atoms with Crippen LogP contribution in [-0.2, 0) is 9.53 Å². The summed E-state index contributed by atoms with van der Waals surface area (Å²) in [6, 6.07) is 18.3. The van der Waals surface area contributed by atoms with E-state index in [9.17, 15) is 4.79 Å². The van der Waals surface area contributed by atoms with Gasteiger partial charge in [-0.25, -0.2) is 0 Å². The average Bonchev–Trinajstić information content (AvgIpc) is 2.56. The summed E-state index contributed by atoms with van der Waals surface area (Å²) < 4.78 is 10.6. The van der Waals surface area contributed by atoms with Crippen molar-refractivity contribution < 1.29 is 14.3 Å². The molecule has 0 saturated heterocycles. The summed E-state index contributed by atoms with van der Waals surface area (Å²) in [6.07, 6.45) is 2.10. The molecule has 2 rings (SSSR count). The Morgan fingerprint density at radius 2 is 1.59 bits per heavy atom. The summed E-state index contributed by atoms with van der Waals surface area (Å²) in [5, 5.41) is 0. The van der Waals surface area contributed by atoms with Crippen LogP contribution in [0.15, 0.2) is 54.6 Å². The molecule has 0 fully saturated rings. The first-order valence-electron chi connectivity index (χ1n) is 7.73. The molecular weight excluding hydrogens is 276 g/mol. The number of ether oxygens (including phenoxy) is 2. The van der Waals surface area contributed by atoms with E-state index in [0.717, 1.165) is 18.6 Å². The zero-order chi connectivity index (χ0) is 15.6.